The third kappa shape index (κ3) is 3.43. The second-order valence-corrected chi connectivity index (χ2v) is 4.71. The SMILES string of the molecule is O=C(O)C1CN(C(=O)CCC2CCCO2)CCO1. The van der Waals surface area contributed by atoms with Crippen LogP contribution in [0.4, 0.5) is 0 Å². The molecule has 2 saturated heterocycles. The Kier molecular flexibility index (Phi) is 4.54. The molecule has 0 aliphatic carbocycles. The van der Waals surface area contributed by atoms with Crippen molar-refractivity contribution in [3.8, 4) is 0 Å². The number of hydrogen-bond donors (Lipinski definition) is 1. The Morgan fingerprint density at radius 2 is 2.11 bits per heavy atom. The number of aliphatic carboxylic acids is 1. The summed E-state index contributed by atoms with van der Waals surface area (Å²) in [5.41, 5.74) is 0. The molecule has 102 valence electrons. The number of carbonyl (C=O) groups is 2. The van der Waals surface area contributed by atoms with Gasteiger partial charge in [-0.15, -0.1) is 0 Å². The van der Waals surface area contributed by atoms with Gasteiger partial charge < -0.3 is 19.5 Å². The molecule has 2 heterocycles. The lowest BCUT2D eigenvalue weighted by molar-refractivity contribution is -0.159. The second kappa shape index (κ2) is 6.15. The number of amides is 1. The van der Waals surface area contributed by atoms with E-state index < -0.39 is 12.1 Å². The van der Waals surface area contributed by atoms with Crippen molar-refractivity contribution >= 4 is 11.9 Å². The number of carbonyl (C=O) groups excluding carboxylic acids is 1. The van der Waals surface area contributed by atoms with Crippen LogP contribution in [-0.4, -0.2) is 60.4 Å². The first-order valence-electron chi connectivity index (χ1n) is 6.40. The number of morpholine rings is 1. The highest BCUT2D eigenvalue weighted by Gasteiger charge is 2.29. The molecular weight excluding hydrogens is 238 g/mol. The van der Waals surface area contributed by atoms with Crippen LogP contribution < -0.4 is 0 Å². The van der Waals surface area contributed by atoms with E-state index in [0.29, 0.717) is 19.6 Å². The van der Waals surface area contributed by atoms with E-state index in [1.807, 2.05) is 0 Å². The summed E-state index contributed by atoms with van der Waals surface area (Å²) < 4.78 is 10.5. The Morgan fingerprint density at radius 3 is 2.78 bits per heavy atom. The van der Waals surface area contributed by atoms with E-state index >= 15 is 0 Å². The molecule has 1 amide bonds. The molecule has 0 aromatic rings. The molecule has 18 heavy (non-hydrogen) atoms. The number of hydrogen-bond acceptors (Lipinski definition) is 4. The summed E-state index contributed by atoms with van der Waals surface area (Å²) in [6.45, 7) is 1.72. The lowest BCUT2D eigenvalue weighted by atomic mass is 10.1. The van der Waals surface area contributed by atoms with Gasteiger partial charge in [-0.25, -0.2) is 4.79 Å². The minimum atomic E-state index is -1.01. The molecule has 2 rings (SSSR count). The zero-order chi connectivity index (χ0) is 13.0. The van der Waals surface area contributed by atoms with Crippen LogP contribution in [0.3, 0.4) is 0 Å². The summed E-state index contributed by atoms with van der Waals surface area (Å²) in [5.74, 6) is -1.01. The van der Waals surface area contributed by atoms with E-state index in [9.17, 15) is 9.59 Å². The van der Waals surface area contributed by atoms with Crippen molar-refractivity contribution in [3.63, 3.8) is 0 Å². The van der Waals surface area contributed by atoms with Gasteiger partial charge in [-0.2, -0.15) is 0 Å². The number of rotatable bonds is 4. The third-order valence-corrected chi connectivity index (χ3v) is 3.40. The first kappa shape index (κ1) is 13.3. The van der Waals surface area contributed by atoms with E-state index in [4.69, 9.17) is 14.6 Å². The van der Waals surface area contributed by atoms with Crippen LogP contribution in [0.25, 0.3) is 0 Å². The van der Waals surface area contributed by atoms with Crippen molar-refractivity contribution in [1.29, 1.82) is 0 Å². The van der Waals surface area contributed by atoms with E-state index in [0.717, 1.165) is 25.9 Å². The fraction of sp³-hybridized carbons (Fsp3) is 0.833. The first-order valence-corrected chi connectivity index (χ1v) is 6.40. The quantitative estimate of drug-likeness (QED) is 0.781. The van der Waals surface area contributed by atoms with Crippen molar-refractivity contribution < 1.29 is 24.2 Å². The molecule has 2 atom stereocenters. The van der Waals surface area contributed by atoms with E-state index in [-0.39, 0.29) is 18.6 Å². The molecular formula is C12H19NO5. The van der Waals surface area contributed by atoms with E-state index in [2.05, 4.69) is 0 Å². The van der Waals surface area contributed by atoms with Gasteiger partial charge in [0.2, 0.25) is 5.91 Å². The van der Waals surface area contributed by atoms with Crippen LogP contribution in [-0.2, 0) is 19.1 Å². The smallest absolute Gasteiger partial charge is 0.334 e. The zero-order valence-corrected chi connectivity index (χ0v) is 10.3. The molecule has 0 saturated carbocycles. The molecule has 0 aromatic carbocycles. The molecule has 0 radical (unpaired) electrons. The molecule has 6 heteroatoms. The normalized spacial score (nSPS) is 28.3. The van der Waals surface area contributed by atoms with Gasteiger partial charge in [0.1, 0.15) is 0 Å². The number of carboxylic acids is 1. The standard InChI is InChI=1S/C12H19NO5/c14-11(4-3-9-2-1-6-17-9)13-5-7-18-10(8-13)12(15)16/h9-10H,1-8H2,(H,15,16). The zero-order valence-electron chi connectivity index (χ0n) is 10.3. The van der Waals surface area contributed by atoms with Crippen LogP contribution in [0.5, 0.6) is 0 Å². The summed E-state index contributed by atoms with van der Waals surface area (Å²) in [6.07, 6.45) is 2.56. The highest BCUT2D eigenvalue weighted by Crippen LogP contribution is 2.18. The summed E-state index contributed by atoms with van der Waals surface area (Å²) in [7, 11) is 0. The summed E-state index contributed by atoms with van der Waals surface area (Å²) in [6, 6.07) is 0. The van der Waals surface area contributed by atoms with Gasteiger partial charge in [0.05, 0.1) is 19.3 Å². The third-order valence-electron chi connectivity index (χ3n) is 3.40. The maximum Gasteiger partial charge on any atom is 0.334 e. The fourth-order valence-corrected chi connectivity index (χ4v) is 2.34. The molecule has 2 fully saturated rings. The number of ether oxygens (including phenoxy) is 2. The Hall–Kier alpha value is -1.14. The highest BCUT2D eigenvalue weighted by atomic mass is 16.5. The molecule has 0 spiro atoms. The Morgan fingerprint density at radius 1 is 1.28 bits per heavy atom. The highest BCUT2D eigenvalue weighted by molar-refractivity contribution is 5.78. The van der Waals surface area contributed by atoms with Gasteiger partial charge in [-0.3, -0.25) is 4.79 Å². The van der Waals surface area contributed by atoms with Crippen LogP contribution >= 0.6 is 0 Å². The van der Waals surface area contributed by atoms with Gasteiger partial charge in [0, 0.05) is 19.6 Å². The molecule has 1 N–H and O–H groups in total. The summed E-state index contributed by atoms with van der Waals surface area (Å²) in [4.78, 5) is 24.3. The van der Waals surface area contributed by atoms with Gasteiger partial charge in [0.15, 0.2) is 6.10 Å². The van der Waals surface area contributed by atoms with E-state index in [1.54, 1.807) is 4.90 Å². The first-order chi connectivity index (χ1) is 8.66. The topological polar surface area (TPSA) is 76.1 Å². The molecule has 0 bridgehead atoms. The van der Waals surface area contributed by atoms with Crippen molar-refractivity contribution in [3.05, 3.63) is 0 Å². The summed E-state index contributed by atoms with van der Waals surface area (Å²) in [5, 5.41) is 8.86. The minimum Gasteiger partial charge on any atom is -0.479 e. The molecule has 2 aliphatic heterocycles. The van der Waals surface area contributed by atoms with Crippen molar-refractivity contribution in [1.82, 2.24) is 4.90 Å². The minimum absolute atomic E-state index is 0.0000463. The van der Waals surface area contributed by atoms with Crippen molar-refractivity contribution in [2.45, 2.75) is 37.9 Å². The predicted molar refractivity (Wildman–Crippen MR) is 62.2 cm³/mol. The Bertz CT molecular complexity index is 314. The van der Waals surface area contributed by atoms with Gasteiger partial charge >= 0.3 is 5.97 Å². The summed E-state index contributed by atoms with van der Waals surface area (Å²) >= 11 is 0. The molecule has 2 unspecified atom stereocenters. The average molecular weight is 257 g/mol. The predicted octanol–water partition coefficient (Wildman–Crippen LogP) is 0.258. The van der Waals surface area contributed by atoms with Gasteiger partial charge in [-0.1, -0.05) is 0 Å². The van der Waals surface area contributed by atoms with Gasteiger partial charge in [-0.05, 0) is 19.3 Å². The van der Waals surface area contributed by atoms with Crippen LogP contribution in [0, 0.1) is 0 Å². The monoisotopic (exact) mass is 257 g/mol. The van der Waals surface area contributed by atoms with Crippen molar-refractivity contribution in [2.24, 2.45) is 0 Å². The Balaban J connectivity index is 1.75. The lowest BCUT2D eigenvalue weighted by Crippen LogP contribution is -2.48. The second-order valence-electron chi connectivity index (χ2n) is 4.71. The largest absolute Gasteiger partial charge is 0.479 e. The maximum atomic E-state index is 11.9. The van der Waals surface area contributed by atoms with Crippen molar-refractivity contribution in [2.75, 3.05) is 26.3 Å². The molecule has 0 aromatic heterocycles. The van der Waals surface area contributed by atoms with E-state index in [1.165, 1.54) is 0 Å². The lowest BCUT2D eigenvalue weighted by Gasteiger charge is -2.31. The van der Waals surface area contributed by atoms with Crippen LogP contribution in [0.15, 0.2) is 0 Å². The number of carboxylic acid groups (broad SMARTS) is 1. The van der Waals surface area contributed by atoms with Crippen LogP contribution in [0.1, 0.15) is 25.7 Å². The maximum absolute atomic E-state index is 11.9. The number of nitrogens with zero attached hydrogens (tertiary/aromatic N) is 1. The average Bonchev–Trinajstić information content (AvgIpc) is 2.89. The fourth-order valence-electron chi connectivity index (χ4n) is 2.34. The molecule has 6 nitrogen and oxygen atoms in total. The van der Waals surface area contributed by atoms with Crippen LogP contribution in [0.2, 0.25) is 0 Å². The Labute approximate surface area is 106 Å². The molecule has 2 aliphatic rings. The van der Waals surface area contributed by atoms with Gasteiger partial charge in [0.25, 0.3) is 0 Å².